The molecule has 4 aliphatic carbocycles. The molecule has 0 aromatic rings. The van der Waals surface area contributed by atoms with Gasteiger partial charge in [0.1, 0.15) is 5.70 Å². The summed E-state index contributed by atoms with van der Waals surface area (Å²) in [5.74, 6) is 0.000379. The molecule has 0 radical (unpaired) electrons. The van der Waals surface area contributed by atoms with Gasteiger partial charge in [0.05, 0.1) is 18.6 Å². The summed E-state index contributed by atoms with van der Waals surface area (Å²) >= 11 is 0. The summed E-state index contributed by atoms with van der Waals surface area (Å²) in [5, 5.41) is 3.34. The molecule has 4 aliphatic rings. The third kappa shape index (κ3) is 4.72. The van der Waals surface area contributed by atoms with Crippen molar-refractivity contribution in [1.29, 1.82) is 0 Å². The van der Waals surface area contributed by atoms with Gasteiger partial charge in [-0.2, -0.15) is 0 Å². The molecule has 0 aromatic heterocycles. The molecule has 0 saturated heterocycles. The largest absolute Gasteiger partial charge is 0.466 e. The van der Waals surface area contributed by atoms with Crippen molar-refractivity contribution < 1.29 is 14.3 Å². The van der Waals surface area contributed by atoms with E-state index < -0.39 is 0 Å². The van der Waals surface area contributed by atoms with E-state index in [9.17, 15) is 9.59 Å². The van der Waals surface area contributed by atoms with Gasteiger partial charge in [-0.05, 0) is 75.0 Å². The summed E-state index contributed by atoms with van der Waals surface area (Å²) in [7, 11) is 0. The number of hydrogen-bond acceptors (Lipinski definition) is 5. The number of allylic oxidation sites excluding steroid dienone is 1. The second kappa shape index (κ2) is 9.42. The molecule has 6 heteroatoms. The number of rotatable bonds is 5. The lowest BCUT2D eigenvalue weighted by atomic mass is 9.68. The number of carbonyl (C=O) groups excluding carboxylic acids is 2. The number of fused-ring (bicyclic) bond motifs is 2. The van der Waals surface area contributed by atoms with E-state index in [1.807, 2.05) is 6.92 Å². The van der Waals surface area contributed by atoms with Crippen molar-refractivity contribution in [2.45, 2.75) is 110 Å². The van der Waals surface area contributed by atoms with Crippen molar-refractivity contribution in [1.82, 2.24) is 5.32 Å². The number of nitrogens with two attached hydrogens (primary N) is 1. The Labute approximate surface area is 199 Å². The van der Waals surface area contributed by atoms with Gasteiger partial charge in [0, 0.05) is 17.3 Å². The van der Waals surface area contributed by atoms with Crippen LogP contribution in [-0.4, -0.2) is 36.3 Å². The molecule has 1 amide bonds. The molecule has 3 N–H and O–H groups in total. The summed E-state index contributed by atoms with van der Waals surface area (Å²) in [6, 6.07) is 0.417. The zero-order valence-corrected chi connectivity index (χ0v) is 21.0. The van der Waals surface area contributed by atoms with Crippen molar-refractivity contribution in [2.24, 2.45) is 33.4 Å². The first-order valence-electron chi connectivity index (χ1n) is 13.2. The van der Waals surface area contributed by atoms with E-state index in [1.165, 1.54) is 32.1 Å². The number of esters is 1. The van der Waals surface area contributed by atoms with E-state index in [2.05, 4.69) is 26.1 Å². The fourth-order valence-electron chi connectivity index (χ4n) is 7.24. The lowest BCUT2D eigenvalue weighted by Crippen LogP contribution is -2.53. The Balaban J connectivity index is 1.59. The number of nitrogens with one attached hydrogen (secondary N) is 1. The summed E-state index contributed by atoms with van der Waals surface area (Å²) in [4.78, 5) is 31.1. The van der Waals surface area contributed by atoms with Crippen LogP contribution in [0.3, 0.4) is 0 Å². The molecule has 0 aromatic carbocycles. The number of amides is 1. The third-order valence-corrected chi connectivity index (χ3v) is 9.18. The zero-order valence-electron chi connectivity index (χ0n) is 21.0. The van der Waals surface area contributed by atoms with Crippen LogP contribution in [-0.2, 0) is 14.3 Å². The molecule has 4 atom stereocenters. The number of nitrogens with zero attached hydrogens (tertiary/aromatic N) is 1. The van der Waals surface area contributed by atoms with Crippen molar-refractivity contribution in [2.75, 3.05) is 6.61 Å². The minimum Gasteiger partial charge on any atom is -0.466 e. The lowest BCUT2D eigenvalue weighted by molar-refractivity contribution is -0.148. The minimum absolute atomic E-state index is 0.0622. The van der Waals surface area contributed by atoms with E-state index in [4.69, 9.17) is 15.5 Å². The normalized spacial score (nSPS) is 36.6. The molecule has 6 nitrogen and oxygen atoms in total. The van der Waals surface area contributed by atoms with Gasteiger partial charge in [-0.25, -0.2) is 0 Å². The monoisotopic (exact) mass is 457 g/mol. The average Bonchev–Trinajstić information content (AvgIpc) is 3.28. The Hall–Kier alpha value is -1.85. The quantitative estimate of drug-likeness (QED) is 0.463. The van der Waals surface area contributed by atoms with Crippen LogP contribution >= 0.6 is 0 Å². The van der Waals surface area contributed by atoms with Crippen LogP contribution in [0.2, 0.25) is 0 Å². The standard InChI is InChI=1S/C27H43N3O3/c1-5-33-24(32)17-11-12-21(29-19-9-7-6-8-10-19)20(15-17)22(28)23(31)30-25-26(2,3)18-13-14-27(25,4)16-18/h17-19,25H,5-16,28H2,1-4H3,(H,30,31). The highest BCUT2D eigenvalue weighted by Crippen LogP contribution is 2.62. The van der Waals surface area contributed by atoms with Gasteiger partial charge in [0.25, 0.3) is 5.91 Å². The Morgan fingerprint density at radius 1 is 1.12 bits per heavy atom. The summed E-state index contributed by atoms with van der Waals surface area (Å²) < 4.78 is 5.29. The van der Waals surface area contributed by atoms with Crippen LogP contribution < -0.4 is 11.1 Å². The lowest BCUT2D eigenvalue weighted by Gasteiger charge is -2.43. The predicted octanol–water partition coefficient (Wildman–Crippen LogP) is 4.67. The smallest absolute Gasteiger partial charge is 0.309 e. The summed E-state index contributed by atoms with van der Waals surface area (Å²) in [5.41, 5.74) is 8.72. The van der Waals surface area contributed by atoms with E-state index in [1.54, 1.807) is 0 Å². The number of ether oxygens (including phenoxy) is 1. The fourth-order valence-corrected chi connectivity index (χ4v) is 7.24. The molecule has 0 aliphatic heterocycles. The molecule has 4 rings (SSSR count). The van der Waals surface area contributed by atoms with Gasteiger partial charge in [-0.15, -0.1) is 0 Å². The Morgan fingerprint density at radius 2 is 1.85 bits per heavy atom. The van der Waals surface area contributed by atoms with E-state index in [-0.39, 0.29) is 40.4 Å². The van der Waals surface area contributed by atoms with Gasteiger partial charge in [-0.3, -0.25) is 14.6 Å². The highest BCUT2D eigenvalue weighted by molar-refractivity contribution is 6.09. The highest BCUT2D eigenvalue weighted by Gasteiger charge is 2.59. The number of hydrogen-bond donors (Lipinski definition) is 2. The first-order chi connectivity index (χ1) is 15.7. The van der Waals surface area contributed by atoms with Crippen molar-refractivity contribution in [3.63, 3.8) is 0 Å². The predicted molar refractivity (Wildman–Crippen MR) is 131 cm³/mol. The molecule has 4 saturated carbocycles. The van der Waals surface area contributed by atoms with Crippen LogP contribution in [0.25, 0.3) is 0 Å². The van der Waals surface area contributed by atoms with Crippen LogP contribution in [0.4, 0.5) is 0 Å². The van der Waals surface area contributed by atoms with Gasteiger partial charge >= 0.3 is 5.97 Å². The molecule has 0 heterocycles. The third-order valence-electron chi connectivity index (χ3n) is 9.18. The van der Waals surface area contributed by atoms with E-state index in [0.29, 0.717) is 37.8 Å². The van der Waals surface area contributed by atoms with Gasteiger partial charge in [0.2, 0.25) is 0 Å². The summed E-state index contributed by atoms with van der Waals surface area (Å²) in [6.45, 7) is 9.06. The van der Waals surface area contributed by atoms with Crippen LogP contribution in [0.5, 0.6) is 0 Å². The van der Waals surface area contributed by atoms with E-state index >= 15 is 0 Å². The maximum absolute atomic E-state index is 13.5. The highest BCUT2D eigenvalue weighted by atomic mass is 16.5. The zero-order chi connectivity index (χ0) is 23.8. The SMILES string of the molecule is CCOC(=O)C1CCC(=NC2CCCCC2)C(=C(N)C(=O)NC2C3(C)CCC(C3)C2(C)C)C1. The molecule has 4 fully saturated rings. The van der Waals surface area contributed by atoms with Crippen LogP contribution in [0, 0.1) is 22.7 Å². The van der Waals surface area contributed by atoms with Crippen LogP contribution in [0.1, 0.15) is 98.3 Å². The minimum atomic E-state index is -0.256. The van der Waals surface area contributed by atoms with Gasteiger partial charge < -0.3 is 15.8 Å². The second-order valence-electron chi connectivity index (χ2n) is 11.8. The molecule has 0 spiro atoms. The molecule has 33 heavy (non-hydrogen) atoms. The number of carbonyl (C=O) groups is 2. The second-order valence-corrected chi connectivity index (χ2v) is 11.8. The molecule has 4 unspecified atom stereocenters. The Bertz CT molecular complexity index is 835. The van der Waals surface area contributed by atoms with E-state index in [0.717, 1.165) is 30.5 Å². The number of aliphatic imine (C=N–C) groups is 1. The van der Waals surface area contributed by atoms with Crippen molar-refractivity contribution in [3.8, 4) is 0 Å². The Morgan fingerprint density at radius 3 is 2.48 bits per heavy atom. The molecular weight excluding hydrogens is 414 g/mol. The fraction of sp³-hybridized carbons (Fsp3) is 0.815. The van der Waals surface area contributed by atoms with Crippen molar-refractivity contribution in [3.05, 3.63) is 11.3 Å². The topological polar surface area (TPSA) is 93.8 Å². The van der Waals surface area contributed by atoms with Crippen LogP contribution in [0.15, 0.2) is 16.3 Å². The first kappa shape index (κ1) is 24.3. The molecular formula is C27H43N3O3. The van der Waals surface area contributed by atoms with Gasteiger partial charge in [-0.1, -0.05) is 40.0 Å². The maximum Gasteiger partial charge on any atom is 0.309 e. The molecule has 184 valence electrons. The molecule has 2 bridgehead atoms. The summed E-state index contributed by atoms with van der Waals surface area (Å²) in [6.07, 6.45) is 11.3. The average molecular weight is 458 g/mol. The maximum atomic E-state index is 13.5. The Kier molecular flexibility index (Phi) is 6.93. The van der Waals surface area contributed by atoms with Gasteiger partial charge in [0.15, 0.2) is 0 Å². The van der Waals surface area contributed by atoms with Crippen molar-refractivity contribution >= 4 is 17.6 Å². The first-order valence-corrected chi connectivity index (χ1v) is 13.2.